The van der Waals surface area contributed by atoms with Gasteiger partial charge in [0.1, 0.15) is 17.3 Å². The van der Waals surface area contributed by atoms with Crippen molar-refractivity contribution in [3.63, 3.8) is 0 Å². The number of nitrogens with one attached hydrogen (secondary N) is 1. The number of carbonyl (C=O) groups is 1. The smallest absolute Gasteiger partial charge is 0.336 e. The summed E-state index contributed by atoms with van der Waals surface area (Å²) in [5.74, 6) is 0.422. The van der Waals surface area contributed by atoms with Gasteiger partial charge in [-0.3, -0.25) is 5.41 Å². The van der Waals surface area contributed by atoms with E-state index in [0.717, 1.165) is 0 Å². The minimum atomic E-state index is -0.507. The molecule has 0 amide bonds. The highest BCUT2D eigenvalue weighted by atomic mass is 16.5. The summed E-state index contributed by atoms with van der Waals surface area (Å²) in [5, 5.41) is 7.24. The van der Waals surface area contributed by atoms with E-state index in [1.54, 1.807) is 36.4 Å². The van der Waals surface area contributed by atoms with Gasteiger partial charge in [0.15, 0.2) is 0 Å². The third-order valence-electron chi connectivity index (χ3n) is 2.31. The molecule has 1 aromatic heterocycles. The van der Waals surface area contributed by atoms with Gasteiger partial charge < -0.3 is 14.9 Å². The fraction of sp³-hybridized carbons (Fsp3) is 0. The molecular weight excluding hydrogens is 244 g/mol. The van der Waals surface area contributed by atoms with Crippen molar-refractivity contribution in [2.45, 2.75) is 0 Å². The Labute approximate surface area is 109 Å². The molecule has 0 aliphatic rings. The first-order chi connectivity index (χ1) is 9.15. The maximum atomic E-state index is 11.5. The Morgan fingerprint density at radius 3 is 2.58 bits per heavy atom. The molecule has 0 saturated heterocycles. The van der Waals surface area contributed by atoms with Crippen molar-refractivity contribution in [1.29, 1.82) is 5.41 Å². The molecule has 1 aromatic carbocycles. The summed E-state index contributed by atoms with van der Waals surface area (Å²) in [7, 11) is 0. The highest BCUT2D eigenvalue weighted by Gasteiger charge is 2.02. The molecule has 5 nitrogen and oxygen atoms in total. The van der Waals surface area contributed by atoms with Crippen molar-refractivity contribution < 1.29 is 13.9 Å². The number of benzene rings is 1. The molecule has 0 aliphatic heterocycles. The lowest BCUT2D eigenvalue weighted by Crippen LogP contribution is -2.11. The molecule has 2 aromatic rings. The number of hydrogen-bond donors (Lipinski definition) is 2. The molecule has 0 bridgehead atoms. The number of carbonyl (C=O) groups excluding carboxylic acids is 1. The molecule has 0 atom stereocenters. The Hall–Kier alpha value is -2.82. The van der Waals surface area contributed by atoms with Crippen LogP contribution in [0.4, 0.5) is 0 Å². The number of nitrogens with two attached hydrogens (primary N) is 1. The molecule has 5 heteroatoms. The van der Waals surface area contributed by atoms with E-state index < -0.39 is 5.97 Å². The molecule has 0 aliphatic carbocycles. The van der Waals surface area contributed by atoms with Crippen molar-refractivity contribution >= 4 is 17.9 Å². The molecule has 0 spiro atoms. The summed E-state index contributed by atoms with van der Waals surface area (Å²) in [6, 6.07) is 9.84. The van der Waals surface area contributed by atoms with Crippen LogP contribution in [0.5, 0.6) is 5.75 Å². The van der Waals surface area contributed by atoms with Crippen LogP contribution in [0.1, 0.15) is 11.3 Å². The van der Waals surface area contributed by atoms with E-state index in [9.17, 15) is 4.79 Å². The Morgan fingerprint density at radius 1 is 1.26 bits per heavy atom. The maximum absolute atomic E-state index is 11.5. The van der Waals surface area contributed by atoms with Crippen molar-refractivity contribution in [3.8, 4) is 5.75 Å². The molecular formula is C14H12N2O3. The van der Waals surface area contributed by atoms with E-state index in [-0.39, 0.29) is 5.84 Å². The highest BCUT2D eigenvalue weighted by Crippen LogP contribution is 2.12. The second-order valence-corrected chi connectivity index (χ2v) is 3.71. The van der Waals surface area contributed by atoms with E-state index >= 15 is 0 Å². The largest absolute Gasteiger partial charge is 0.465 e. The van der Waals surface area contributed by atoms with Crippen molar-refractivity contribution in [2.75, 3.05) is 0 Å². The predicted molar refractivity (Wildman–Crippen MR) is 70.8 cm³/mol. The molecule has 3 N–H and O–H groups in total. The highest BCUT2D eigenvalue weighted by molar-refractivity contribution is 5.95. The molecule has 0 fully saturated rings. The Kier molecular flexibility index (Phi) is 3.78. The third-order valence-corrected chi connectivity index (χ3v) is 2.31. The van der Waals surface area contributed by atoms with Gasteiger partial charge in [0, 0.05) is 11.6 Å². The van der Waals surface area contributed by atoms with Crippen molar-refractivity contribution in [1.82, 2.24) is 0 Å². The minimum Gasteiger partial charge on any atom is -0.465 e. The van der Waals surface area contributed by atoms with Gasteiger partial charge in [0.2, 0.25) is 0 Å². The zero-order valence-corrected chi connectivity index (χ0v) is 10.00. The monoisotopic (exact) mass is 256 g/mol. The zero-order valence-electron chi connectivity index (χ0n) is 10.00. The topological polar surface area (TPSA) is 89.3 Å². The Bertz CT molecular complexity index is 598. The van der Waals surface area contributed by atoms with E-state index in [1.165, 1.54) is 18.4 Å². The summed E-state index contributed by atoms with van der Waals surface area (Å²) in [6.07, 6.45) is 4.31. The van der Waals surface area contributed by atoms with Crippen LogP contribution in [0.25, 0.3) is 6.08 Å². The Morgan fingerprint density at radius 2 is 2.00 bits per heavy atom. The molecule has 0 radical (unpaired) electrons. The number of rotatable bonds is 4. The number of ether oxygens (including phenoxy) is 1. The van der Waals surface area contributed by atoms with Gasteiger partial charge in [0.25, 0.3) is 0 Å². The Balaban J connectivity index is 1.97. The third kappa shape index (κ3) is 3.57. The quantitative estimate of drug-likeness (QED) is 0.288. The van der Waals surface area contributed by atoms with Crippen molar-refractivity contribution in [2.24, 2.45) is 5.73 Å². The summed E-state index contributed by atoms with van der Waals surface area (Å²) in [4.78, 5) is 11.5. The van der Waals surface area contributed by atoms with E-state index in [2.05, 4.69) is 0 Å². The fourth-order valence-corrected chi connectivity index (χ4v) is 1.39. The van der Waals surface area contributed by atoms with Gasteiger partial charge in [-0.25, -0.2) is 4.79 Å². The number of hydrogen-bond acceptors (Lipinski definition) is 4. The van der Waals surface area contributed by atoms with Crippen LogP contribution >= 0.6 is 0 Å². The normalized spacial score (nSPS) is 10.5. The molecule has 0 saturated carbocycles. The lowest BCUT2D eigenvalue weighted by Gasteiger charge is -2.02. The van der Waals surface area contributed by atoms with Crippen molar-refractivity contribution in [3.05, 3.63) is 60.1 Å². The van der Waals surface area contributed by atoms with Crippen LogP contribution < -0.4 is 10.5 Å². The summed E-state index contributed by atoms with van der Waals surface area (Å²) < 4.78 is 10.1. The molecule has 2 rings (SSSR count). The van der Waals surface area contributed by atoms with Gasteiger partial charge in [0.05, 0.1) is 6.26 Å². The van der Waals surface area contributed by atoms with Crippen LogP contribution in [-0.4, -0.2) is 11.8 Å². The SMILES string of the molecule is N=C(N)c1ccc(OC(=O)C=Cc2ccco2)cc1. The van der Waals surface area contributed by atoms with Crippen LogP contribution in [0, 0.1) is 5.41 Å². The standard InChI is InChI=1S/C14H12N2O3/c15-14(16)10-3-5-12(6-4-10)19-13(17)8-7-11-2-1-9-18-11/h1-9H,(H3,15,16). The second-order valence-electron chi connectivity index (χ2n) is 3.71. The molecule has 96 valence electrons. The molecule has 19 heavy (non-hydrogen) atoms. The van der Waals surface area contributed by atoms with Crippen LogP contribution in [0.2, 0.25) is 0 Å². The van der Waals surface area contributed by atoms with E-state index in [1.807, 2.05) is 0 Å². The number of esters is 1. The fourth-order valence-electron chi connectivity index (χ4n) is 1.39. The first-order valence-electron chi connectivity index (χ1n) is 5.53. The van der Waals surface area contributed by atoms with Gasteiger partial charge in [-0.1, -0.05) is 0 Å². The van der Waals surface area contributed by atoms with Gasteiger partial charge in [-0.2, -0.15) is 0 Å². The van der Waals surface area contributed by atoms with Gasteiger partial charge in [-0.15, -0.1) is 0 Å². The van der Waals surface area contributed by atoms with Crippen LogP contribution in [0.15, 0.2) is 53.2 Å². The summed E-state index contributed by atoms with van der Waals surface area (Å²) in [5.41, 5.74) is 5.90. The van der Waals surface area contributed by atoms with E-state index in [0.29, 0.717) is 17.1 Å². The predicted octanol–water partition coefficient (Wildman–Crippen LogP) is 2.18. The summed E-state index contributed by atoms with van der Waals surface area (Å²) >= 11 is 0. The first kappa shape index (κ1) is 12.6. The minimum absolute atomic E-state index is 0.0319. The average molecular weight is 256 g/mol. The first-order valence-corrected chi connectivity index (χ1v) is 5.53. The number of nitrogen functional groups attached to an aromatic ring is 1. The van der Waals surface area contributed by atoms with Gasteiger partial charge >= 0.3 is 5.97 Å². The van der Waals surface area contributed by atoms with E-state index in [4.69, 9.17) is 20.3 Å². The van der Waals surface area contributed by atoms with Crippen LogP contribution in [-0.2, 0) is 4.79 Å². The summed E-state index contributed by atoms with van der Waals surface area (Å²) in [6.45, 7) is 0. The van der Waals surface area contributed by atoms with Crippen LogP contribution in [0.3, 0.4) is 0 Å². The average Bonchev–Trinajstić information content (AvgIpc) is 2.90. The lowest BCUT2D eigenvalue weighted by atomic mass is 10.2. The lowest BCUT2D eigenvalue weighted by molar-refractivity contribution is -0.128. The molecule has 0 unspecified atom stereocenters. The van der Waals surface area contributed by atoms with Gasteiger partial charge in [-0.05, 0) is 42.5 Å². The maximum Gasteiger partial charge on any atom is 0.336 e. The number of amidine groups is 1. The number of furan rings is 1. The molecule has 1 heterocycles. The zero-order chi connectivity index (χ0) is 13.7. The second kappa shape index (κ2) is 5.68.